The molecule has 0 spiro atoms. The fourth-order valence-corrected chi connectivity index (χ4v) is 3.05. The summed E-state index contributed by atoms with van der Waals surface area (Å²) in [6, 6.07) is 0. The first kappa shape index (κ1) is 8.34. The van der Waals surface area contributed by atoms with Gasteiger partial charge in [0, 0.05) is 0 Å². The molecule has 0 heterocycles. The van der Waals surface area contributed by atoms with Gasteiger partial charge in [-0.1, -0.05) is 32.4 Å². The van der Waals surface area contributed by atoms with E-state index in [2.05, 4.69) is 26.8 Å². The van der Waals surface area contributed by atoms with E-state index >= 15 is 0 Å². The first-order valence-electron chi connectivity index (χ1n) is 5.26. The van der Waals surface area contributed by atoms with Gasteiger partial charge in [-0.05, 0) is 42.9 Å². The molecule has 1 atom stereocenters. The number of allylic oxidation sites excluding steroid dienone is 2. The summed E-state index contributed by atoms with van der Waals surface area (Å²) in [6.07, 6.45) is 9.43. The van der Waals surface area contributed by atoms with E-state index in [0.29, 0.717) is 10.8 Å². The number of hydrogen-bond acceptors (Lipinski definition) is 0. The molecule has 0 bridgehead atoms. The molecule has 0 aliphatic heterocycles. The lowest BCUT2D eigenvalue weighted by atomic mass is 9.59. The van der Waals surface area contributed by atoms with Gasteiger partial charge in [0.1, 0.15) is 0 Å². The lowest BCUT2D eigenvalue weighted by molar-refractivity contribution is 0.114. The molecule has 1 fully saturated rings. The Bertz CT molecular complexity index is 222. The molecule has 1 saturated carbocycles. The minimum atomic E-state index is 0.547. The number of rotatable bonds is 0. The molecule has 0 radical (unpaired) electrons. The van der Waals surface area contributed by atoms with Crippen LogP contribution in [0.3, 0.4) is 0 Å². The molecule has 68 valence electrons. The SMILES string of the molecule is CC1(C)CCC=C2CCCC21C. The first-order chi connectivity index (χ1) is 5.56. The summed E-state index contributed by atoms with van der Waals surface area (Å²) >= 11 is 0. The minimum Gasteiger partial charge on any atom is -0.0847 e. The summed E-state index contributed by atoms with van der Waals surface area (Å²) < 4.78 is 0. The summed E-state index contributed by atoms with van der Waals surface area (Å²) in [7, 11) is 0. The molecule has 0 aromatic heterocycles. The van der Waals surface area contributed by atoms with Crippen molar-refractivity contribution in [3.63, 3.8) is 0 Å². The average Bonchev–Trinajstić information content (AvgIpc) is 2.33. The first-order valence-corrected chi connectivity index (χ1v) is 5.26. The molecule has 0 N–H and O–H groups in total. The van der Waals surface area contributed by atoms with Gasteiger partial charge in [0.05, 0.1) is 0 Å². The van der Waals surface area contributed by atoms with Crippen molar-refractivity contribution in [2.45, 2.75) is 52.9 Å². The van der Waals surface area contributed by atoms with E-state index in [1.165, 1.54) is 32.1 Å². The van der Waals surface area contributed by atoms with Crippen LogP contribution in [0.4, 0.5) is 0 Å². The Kier molecular flexibility index (Phi) is 1.65. The molecule has 12 heavy (non-hydrogen) atoms. The van der Waals surface area contributed by atoms with Crippen LogP contribution in [-0.2, 0) is 0 Å². The van der Waals surface area contributed by atoms with Crippen molar-refractivity contribution in [2.75, 3.05) is 0 Å². The molecule has 0 amide bonds. The third-order valence-corrected chi connectivity index (χ3v) is 4.49. The van der Waals surface area contributed by atoms with Crippen LogP contribution in [0, 0.1) is 10.8 Å². The standard InChI is InChI=1S/C12H20/c1-11(2)8-4-6-10-7-5-9-12(10,11)3/h6H,4-5,7-9H2,1-3H3. The van der Waals surface area contributed by atoms with E-state index in [1.54, 1.807) is 5.57 Å². The Labute approximate surface area is 76.1 Å². The zero-order valence-corrected chi connectivity index (χ0v) is 8.61. The van der Waals surface area contributed by atoms with E-state index in [1.807, 2.05) is 0 Å². The van der Waals surface area contributed by atoms with Crippen molar-refractivity contribution in [1.82, 2.24) is 0 Å². The highest BCUT2D eigenvalue weighted by Crippen LogP contribution is 2.58. The molecular formula is C12H20. The van der Waals surface area contributed by atoms with Crippen molar-refractivity contribution >= 4 is 0 Å². The average molecular weight is 164 g/mol. The third-order valence-electron chi connectivity index (χ3n) is 4.49. The fraction of sp³-hybridized carbons (Fsp3) is 0.833. The molecule has 2 aliphatic rings. The quantitative estimate of drug-likeness (QED) is 0.476. The summed E-state index contributed by atoms with van der Waals surface area (Å²) in [6.45, 7) is 7.38. The van der Waals surface area contributed by atoms with E-state index in [4.69, 9.17) is 0 Å². The van der Waals surface area contributed by atoms with Gasteiger partial charge >= 0.3 is 0 Å². The van der Waals surface area contributed by atoms with E-state index in [-0.39, 0.29) is 0 Å². The van der Waals surface area contributed by atoms with Gasteiger partial charge in [0.2, 0.25) is 0 Å². The number of hydrogen-bond donors (Lipinski definition) is 0. The monoisotopic (exact) mass is 164 g/mol. The van der Waals surface area contributed by atoms with Gasteiger partial charge in [-0.3, -0.25) is 0 Å². The van der Waals surface area contributed by atoms with Crippen LogP contribution < -0.4 is 0 Å². The Morgan fingerprint density at radius 2 is 1.92 bits per heavy atom. The van der Waals surface area contributed by atoms with E-state index in [0.717, 1.165) is 0 Å². The molecule has 0 heteroatoms. The highest BCUT2D eigenvalue weighted by atomic mass is 14.5. The van der Waals surface area contributed by atoms with E-state index in [9.17, 15) is 0 Å². The Morgan fingerprint density at radius 3 is 2.58 bits per heavy atom. The van der Waals surface area contributed by atoms with Gasteiger partial charge in [0.15, 0.2) is 0 Å². The number of fused-ring (bicyclic) bond motifs is 1. The minimum absolute atomic E-state index is 0.547. The fourth-order valence-electron chi connectivity index (χ4n) is 3.05. The second kappa shape index (κ2) is 2.37. The Morgan fingerprint density at radius 1 is 1.17 bits per heavy atom. The lowest BCUT2D eigenvalue weighted by Gasteiger charge is -2.46. The molecule has 2 rings (SSSR count). The maximum absolute atomic E-state index is 2.51. The highest BCUT2D eigenvalue weighted by molar-refractivity contribution is 5.24. The lowest BCUT2D eigenvalue weighted by Crippen LogP contribution is -2.36. The zero-order chi connectivity index (χ0) is 8.82. The van der Waals surface area contributed by atoms with Crippen molar-refractivity contribution in [2.24, 2.45) is 10.8 Å². The molecule has 2 aliphatic carbocycles. The second-order valence-corrected chi connectivity index (χ2v) is 5.34. The molecule has 0 nitrogen and oxygen atoms in total. The maximum Gasteiger partial charge on any atom is -0.00650 e. The van der Waals surface area contributed by atoms with Crippen LogP contribution in [0.1, 0.15) is 52.9 Å². The predicted molar refractivity (Wildman–Crippen MR) is 53.1 cm³/mol. The smallest absolute Gasteiger partial charge is 0.00650 e. The zero-order valence-electron chi connectivity index (χ0n) is 8.61. The van der Waals surface area contributed by atoms with E-state index < -0.39 is 0 Å². The van der Waals surface area contributed by atoms with Crippen LogP contribution >= 0.6 is 0 Å². The Hall–Kier alpha value is -0.260. The van der Waals surface area contributed by atoms with Crippen LogP contribution in [0.15, 0.2) is 11.6 Å². The predicted octanol–water partition coefficient (Wildman–Crippen LogP) is 3.92. The second-order valence-electron chi connectivity index (χ2n) is 5.34. The Balaban J connectivity index is 2.41. The van der Waals surface area contributed by atoms with Gasteiger partial charge in [-0.15, -0.1) is 0 Å². The highest BCUT2D eigenvalue weighted by Gasteiger charge is 2.47. The van der Waals surface area contributed by atoms with Crippen LogP contribution in [0.2, 0.25) is 0 Å². The van der Waals surface area contributed by atoms with Gasteiger partial charge in [-0.25, -0.2) is 0 Å². The molecule has 0 saturated heterocycles. The maximum atomic E-state index is 2.51. The van der Waals surface area contributed by atoms with Gasteiger partial charge < -0.3 is 0 Å². The molecular weight excluding hydrogens is 144 g/mol. The summed E-state index contributed by atoms with van der Waals surface area (Å²) in [5, 5.41) is 0. The normalized spacial score (nSPS) is 39.1. The van der Waals surface area contributed by atoms with Crippen LogP contribution in [0.5, 0.6) is 0 Å². The van der Waals surface area contributed by atoms with Crippen molar-refractivity contribution in [1.29, 1.82) is 0 Å². The van der Waals surface area contributed by atoms with Crippen molar-refractivity contribution in [3.8, 4) is 0 Å². The summed E-state index contributed by atoms with van der Waals surface area (Å²) in [5.41, 5.74) is 2.86. The molecule has 0 aromatic carbocycles. The largest absolute Gasteiger partial charge is 0.0847 e. The molecule has 0 aromatic rings. The topological polar surface area (TPSA) is 0 Å². The third kappa shape index (κ3) is 0.901. The van der Waals surface area contributed by atoms with Crippen molar-refractivity contribution in [3.05, 3.63) is 11.6 Å². The molecule has 1 unspecified atom stereocenters. The van der Waals surface area contributed by atoms with Crippen molar-refractivity contribution < 1.29 is 0 Å². The van der Waals surface area contributed by atoms with Gasteiger partial charge in [0.25, 0.3) is 0 Å². The summed E-state index contributed by atoms with van der Waals surface area (Å²) in [4.78, 5) is 0. The van der Waals surface area contributed by atoms with Crippen LogP contribution in [0.25, 0.3) is 0 Å². The van der Waals surface area contributed by atoms with Gasteiger partial charge in [-0.2, -0.15) is 0 Å². The summed E-state index contributed by atoms with van der Waals surface area (Å²) in [5.74, 6) is 0. The van der Waals surface area contributed by atoms with Crippen LogP contribution in [-0.4, -0.2) is 0 Å².